The maximum atomic E-state index is 13.9. The Bertz CT molecular complexity index is 452. The van der Waals surface area contributed by atoms with Gasteiger partial charge in [0.1, 0.15) is 5.82 Å². The van der Waals surface area contributed by atoms with Gasteiger partial charge in [0.2, 0.25) is 0 Å². The molecule has 3 heteroatoms. The van der Waals surface area contributed by atoms with Gasteiger partial charge in [0.05, 0.1) is 5.69 Å². The van der Waals surface area contributed by atoms with Gasteiger partial charge < -0.3 is 4.90 Å². The molecule has 0 heterocycles. The molecule has 0 N–H and O–H groups in total. The van der Waals surface area contributed by atoms with Gasteiger partial charge in [0.15, 0.2) is 5.78 Å². The zero-order chi connectivity index (χ0) is 12.4. The predicted molar refractivity (Wildman–Crippen MR) is 67.0 cm³/mol. The highest BCUT2D eigenvalue weighted by Gasteiger charge is 2.31. The number of halogens is 1. The first-order valence-electron chi connectivity index (χ1n) is 5.82. The lowest BCUT2D eigenvalue weighted by Gasteiger charge is -2.25. The summed E-state index contributed by atoms with van der Waals surface area (Å²) in [4.78, 5) is 13.5. The van der Waals surface area contributed by atoms with E-state index in [2.05, 4.69) is 6.58 Å². The number of hydrogen-bond acceptors (Lipinski definition) is 2. The van der Waals surface area contributed by atoms with E-state index in [0.717, 1.165) is 12.8 Å². The number of benzene rings is 1. The van der Waals surface area contributed by atoms with Crippen molar-refractivity contribution < 1.29 is 9.18 Å². The predicted octanol–water partition coefficient (Wildman–Crippen LogP) is 3.18. The fourth-order valence-electron chi connectivity index (χ4n) is 2.04. The Morgan fingerprint density at radius 1 is 1.59 bits per heavy atom. The van der Waals surface area contributed by atoms with E-state index >= 15 is 0 Å². The number of carbonyl (C=O) groups is 1. The molecule has 0 aromatic heterocycles. The van der Waals surface area contributed by atoms with Crippen molar-refractivity contribution in [3.8, 4) is 0 Å². The first kappa shape index (κ1) is 11.8. The van der Waals surface area contributed by atoms with Crippen molar-refractivity contribution in [3.63, 3.8) is 0 Å². The van der Waals surface area contributed by atoms with Crippen LogP contribution in [0.2, 0.25) is 0 Å². The second-order valence-electron chi connectivity index (χ2n) is 4.36. The molecule has 0 atom stereocenters. The number of para-hydroxylation sites is 1. The molecule has 0 saturated heterocycles. The van der Waals surface area contributed by atoms with E-state index in [0.29, 0.717) is 23.8 Å². The van der Waals surface area contributed by atoms with Gasteiger partial charge in [-0.25, -0.2) is 4.39 Å². The second kappa shape index (κ2) is 4.70. The standard InChI is InChI=1S/C14H16FNO/c1-3-9-16(11-7-8-11)14-12(10(2)17)5-4-6-13(14)15/h3-6,11H,1,7-9H2,2H3. The minimum atomic E-state index is -0.327. The molecule has 1 saturated carbocycles. The number of Topliss-reactive ketones (excluding diaryl/α,β-unsaturated/α-hetero) is 1. The van der Waals surface area contributed by atoms with Crippen molar-refractivity contribution in [2.45, 2.75) is 25.8 Å². The molecule has 1 fully saturated rings. The first-order chi connectivity index (χ1) is 8.15. The van der Waals surface area contributed by atoms with Crippen LogP contribution in [0, 0.1) is 5.82 Å². The summed E-state index contributed by atoms with van der Waals surface area (Å²) in [5, 5.41) is 0. The number of carbonyl (C=O) groups excluding carboxylic acids is 1. The van der Waals surface area contributed by atoms with E-state index in [-0.39, 0.29) is 11.6 Å². The van der Waals surface area contributed by atoms with Crippen LogP contribution >= 0.6 is 0 Å². The van der Waals surface area contributed by atoms with Gasteiger partial charge in [-0.05, 0) is 31.9 Å². The Balaban J connectivity index is 2.46. The molecule has 1 aromatic rings. The highest BCUT2D eigenvalue weighted by atomic mass is 19.1. The topological polar surface area (TPSA) is 20.3 Å². The molecule has 0 spiro atoms. The number of rotatable bonds is 5. The molecule has 90 valence electrons. The minimum Gasteiger partial charge on any atom is -0.362 e. The molecular weight excluding hydrogens is 217 g/mol. The largest absolute Gasteiger partial charge is 0.362 e. The Labute approximate surface area is 101 Å². The van der Waals surface area contributed by atoms with Crippen LogP contribution in [-0.2, 0) is 0 Å². The third-order valence-electron chi connectivity index (χ3n) is 2.97. The Kier molecular flexibility index (Phi) is 3.27. The normalized spacial score (nSPS) is 14.5. The lowest BCUT2D eigenvalue weighted by molar-refractivity contribution is 0.101. The van der Waals surface area contributed by atoms with Gasteiger partial charge in [0, 0.05) is 18.2 Å². The van der Waals surface area contributed by atoms with Crippen LogP contribution in [0.1, 0.15) is 30.1 Å². The van der Waals surface area contributed by atoms with Crippen molar-refractivity contribution in [2.24, 2.45) is 0 Å². The molecule has 0 bridgehead atoms. The summed E-state index contributed by atoms with van der Waals surface area (Å²) in [5.74, 6) is -0.430. The van der Waals surface area contributed by atoms with Gasteiger partial charge in [0.25, 0.3) is 0 Å². The van der Waals surface area contributed by atoms with E-state index < -0.39 is 0 Å². The number of anilines is 1. The summed E-state index contributed by atoms with van der Waals surface area (Å²) < 4.78 is 13.9. The van der Waals surface area contributed by atoms with Crippen LogP contribution in [0.15, 0.2) is 30.9 Å². The molecule has 2 nitrogen and oxygen atoms in total. The van der Waals surface area contributed by atoms with Gasteiger partial charge in [-0.1, -0.05) is 12.1 Å². The highest BCUT2D eigenvalue weighted by molar-refractivity contribution is 6.00. The van der Waals surface area contributed by atoms with Crippen LogP contribution < -0.4 is 4.90 Å². The molecule has 0 amide bonds. The van der Waals surface area contributed by atoms with Crippen molar-refractivity contribution in [1.29, 1.82) is 0 Å². The van der Waals surface area contributed by atoms with Crippen molar-refractivity contribution in [1.82, 2.24) is 0 Å². The molecule has 1 aliphatic carbocycles. The third-order valence-corrected chi connectivity index (χ3v) is 2.97. The van der Waals surface area contributed by atoms with Crippen LogP contribution in [0.25, 0.3) is 0 Å². The molecule has 0 unspecified atom stereocenters. The first-order valence-corrected chi connectivity index (χ1v) is 5.82. The quantitative estimate of drug-likeness (QED) is 0.575. The van der Waals surface area contributed by atoms with E-state index in [9.17, 15) is 9.18 Å². The molecule has 0 aliphatic heterocycles. The van der Waals surface area contributed by atoms with Gasteiger partial charge in [-0.3, -0.25) is 4.79 Å². The molecular formula is C14H16FNO. The second-order valence-corrected chi connectivity index (χ2v) is 4.36. The van der Waals surface area contributed by atoms with E-state index in [1.165, 1.54) is 13.0 Å². The van der Waals surface area contributed by atoms with Crippen molar-refractivity contribution in [2.75, 3.05) is 11.4 Å². The summed E-state index contributed by atoms with van der Waals surface area (Å²) in [7, 11) is 0. The lowest BCUT2D eigenvalue weighted by Crippen LogP contribution is -2.28. The van der Waals surface area contributed by atoms with Crippen LogP contribution in [-0.4, -0.2) is 18.4 Å². The van der Waals surface area contributed by atoms with Gasteiger partial charge in [-0.2, -0.15) is 0 Å². The Hall–Kier alpha value is -1.64. The van der Waals surface area contributed by atoms with Crippen LogP contribution in [0.4, 0.5) is 10.1 Å². The van der Waals surface area contributed by atoms with E-state index in [1.807, 2.05) is 4.90 Å². The smallest absolute Gasteiger partial charge is 0.161 e. The SMILES string of the molecule is C=CCN(c1c(F)cccc1C(C)=O)C1CC1. The van der Waals surface area contributed by atoms with E-state index in [1.54, 1.807) is 18.2 Å². The van der Waals surface area contributed by atoms with Crippen molar-refractivity contribution in [3.05, 3.63) is 42.2 Å². The van der Waals surface area contributed by atoms with Gasteiger partial charge in [-0.15, -0.1) is 6.58 Å². The zero-order valence-electron chi connectivity index (χ0n) is 9.95. The maximum Gasteiger partial charge on any atom is 0.161 e. The number of nitrogens with zero attached hydrogens (tertiary/aromatic N) is 1. The molecule has 17 heavy (non-hydrogen) atoms. The van der Waals surface area contributed by atoms with Gasteiger partial charge >= 0.3 is 0 Å². The highest BCUT2D eigenvalue weighted by Crippen LogP contribution is 2.35. The molecule has 0 radical (unpaired) electrons. The maximum absolute atomic E-state index is 13.9. The van der Waals surface area contributed by atoms with Crippen molar-refractivity contribution >= 4 is 11.5 Å². The number of ketones is 1. The Morgan fingerprint density at radius 2 is 2.29 bits per heavy atom. The fourth-order valence-corrected chi connectivity index (χ4v) is 2.04. The van der Waals surface area contributed by atoms with Crippen LogP contribution in [0.5, 0.6) is 0 Å². The van der Waals surface area contributed by atoms with Crippen LogP contribution in [0.3, 0.4) is 0 Å². The molecule has 1 aromatic carbocycles. The summed E-state index contributed by atoms with van der Waals surface area (Å²) in [6.07, 6.45) is 3.85. The average molecular weight is 233 g/mol. The molecule has 1 aliphatic rings. The average Bonchev–Trinajstić information content (AvgIpc) is 3.10. The molecule has 2 rings (SSSR count). The number of hydrogen-bond donors (Lipinski definition) is 0. The third kappa shape index (κ3) is 2.38. The van der Waals surface area contributed by atoms with E-state index in [4.69, 9.17) is 0 Å². The summed E-state index contributed by atoms with van der Waals surface area (Å²) in [6, 6.07) is 5.01. The fraction of sp³-hybridized carbons (Fsp3) is 0.357. The summed E-state index contributed by atoms with van der Waals surface area (Å²) >= 11 is 0. The summed E-state index contributed by atoms with van der Waals surface area (Å²) in [6.45, 7) is 5.74. The lowest BCUT2D eigenvalue weighted by atomic mass is 10.1. The summed E-state index contributed by atoms with van der Waals surface area (Å²) in [5.41, 5.74) is 0.890. The minimum absolute atomic E-state index is 0.103. The monoisotopic (exact) mass is 233 g/mol. The zero-order valence-corrected chi connectivity index (χ0v) is 9.95. The Morgan fingerprint density at radius 3 is 2.82 bits per heavy atom.